The molecule has 506 valence electrons. The summed E-state index contributed by atoms with van der Waals surface area (Å²) in [5, 5.41) is 8.42. The normalized spacial score (nSPS) is 11.7. The Morgan fingerprint density at radius 3 is 1.08 bits per heavy atom. The third-order valence-electron chi connectivity index (χ3n) is 21.2. The van der Waals surface area contributed by atoms with Gasteiger partial charge in [-0.15, -0.1) is 0 Å². The first-order chi connectivity index (χ1) is 54.0. The van der Waals surface area contributed by atoms with E-state index in [1.165, 1.54) is 10.8 Å². The van der Waals surface area contributed by atoms with Gasteiger partial charge in [-0.05, 0) is 107 Å². The molecule has 9 nitrogen and oxygen atoms in total. The third-order valence-corrected chi connectivity index (χ3v) is 21.2. The van der Waals surface area contributed by atoms with E-state index in [1.807, 2.05) is 54.6 Å². The predicted molar refractivity (Wildman–Crippen MR) is 448 cm³/mol. The van der Waals surface area contributed by atoms with E-state index in [0.717, 1.165) is 200 Å². The molecule has 0 radical (unpaired) electrons. The molecular weight excluding hydrogens is 1330 g/mol. The van der Waals surface area contributed by atoms with Crippen molar-refractivity contribution in [2.24, 2.45) is 0 Å². The van der Waals surface area contributed by atoms with Crippen LogP contribution in [0.5, 0.6) is 0 Å². The van der Waals surface area contributed by atoms with E-state index < -0.39 is 0 Å². The summed E-state index contributed by atoms with van der Waals surface area (Å²) in [5.41, 5.74) is 28.4. The van der Waals surface area contributed by atoms with Crippen molar-refractivity contribution in [3.63, 3.8) is 0 Å². The third kappa shape index (κ3) is 11.0. The zero-order chi connectivity index (χ0) is 71.9. The van der Waals surface area contributed by atoms with Crippen LogP contribution in [0.15, 0.2) is 370 Å². The second kappa shape index (κ2) is 26.1. The monoisotopic (exact) mass is 1390 g/mol. The van der Waals surface area contributed by atoms with Crippen molar-refractivity contribution in [1.82, 2.24) is 44.4 Å². The summed E-state index contributed by atoms with van der Waals surface area (Å²) >= 11 is 0. The van der Waals surface area contributed by atoms with Crippen LogP contribution in [0.2, 0.25) is 0 Å². The fourth-order valence-corrected chi connectivity index (χ4v) is 15.9. The predicted octanol–water partition coefficient (Wildman–Crippen LogP) is 25.2. The Hall–Kier alpha value is -14.8. The Morgan fingerprint density at radius 1 is 0.174 bits per heavy atom. The number of aromatic nitrogens is 9. The van der Waals surface area contributed by atoms with Gasteiger partial charge in [-0.3, -0.25) is 0 Å². The molecule has 0 amide bonds. The van der Waals surface area contributed by atoms with Crippen LogP contribution in [0.1, 0.15) is 0 Å². The first-order valence-electron chi connectivity index (χ1n) is 36.7. The van der Waals surface area contributed by atoms with Gasteiger partial charge in [0.05, 0.1) is 89.7 Å². The largest absolute Gasteiger partial charge is 0.309 e. The van der Waals surface area contributed by atoms with Crippen LogP contribution in [-0.4, -0.2) is 44.4 Å². The number of rotatable bonds is 12. The van der Waals surface area contributed by atoms with Crippen LogP contribution < -0.4 is 0 Å². The van der Waals surface area contributed by atoms with Gasteiger partial charge in [-0.25, -0.2) is 39.9 Å². The lowest BCUT2D eigenvalue weighted by atomic mass is 9.96. The van der Waals surface area contributed by atoms with E-state index in [4.69, 9.17) is 39.9 Å². The molecule has 0 aliphatic rings. The second-order valence-electron chi connectivity index (χ2n) is 27.7. The van der Waals surface area contributed by atoms with Gasteiger partial charge < -0.3 is 4.57 Å². The van der Waals surface area contributed by atoms with Crippen molar-refractivity contribution in [3.8, 4) is 129 Å². The molecule has 0 bridgehead atoms. The summed E-state index contributed by atoms with van der Waals surface area (Å²) in [6.07, 6.45) is 0. The first-order valence-corrected chi connectivity index (χ1v) is 36.7. The van der Waals surface area contributed by atoms with Gasteiger partial charge in [0, 0.05) is 98.8 Å². The summed E-state index contributed by atoms with van der Waals surface area (Å²) in [4.78, 5) is 43.4. The summed E-state index contributed by atoms with van der Waals surface area (Å²) < 4.78 is 2.39. The van der Waals surface area contributed by atoms with Crippen LogP contribution in [0.4, 0.5) is 0 Å². The molecule has 0 spiro atoms. The Morgan fingerprint density at radius 2 is 0.541 bits per heavy atom. The Balaban J connectivity index is 0.622. The van der Waals surface area contributed by atoms with Crippen LogP contribution >= 0.6 is 0 Å². The van der Waals surface area contributed by atoms with Crippen LogP contribution in [0, 0.1) is 0 Å². The number of benzene rings is 15. The number of fused-ring (bicyclic) bond motifs is 13. The van der Waals surface area contributed by atoms with Crippen molar-refractivity contribution in [2.75, 3.05) is 0 Å². The zero-order valence-electron chi connectivity index (χ0n) is 58.7. The molecule has 9 heteroatoms. The summed E-state index contributed by atoms with van der Waals surface area (Å²) in [6.45, 7) is 0. The maximum absolute atomic E-state index is 5.75. The number of hydrogen-bond acceptors (Lipinski definition) is 8. The Labute approximate surface area is 627 Å². The van der Waals surface area contributed by atoms with Crippen molar-refractivity contribution in [2.45, 2.75) is 0 Å². The molecule has 0 N–H and O–H groups in total. The lowest BCUT2D eigenvalue weighted by molar-refractivity contribution is 1.18. The van der Waals surface area contributed by atoms with Gasteiger partial charge in [0.25, 0.3) is 0 Å². The van der Waals surface area contributed by atoms with Gasteiger partial charge in [0.1, 0.15) is 0 Å². The van der Waals surface area contributed by atoms with Crippen LogP contribution in [0.3, 0.4) is 0 Å². The van der Waals surface area contributed by atoms with Crippen molar-refractivity contribution >= 4 is 87.2 Å². The van der Waals surface area contributed by atoms with Crippen molar-refractivity contribution in [3.05, 3.63) is 370 Å². The molecule has 6 heterocycles. The maximum atomic E-state index is 5.75. The quantitative estimate of drug-likeness (QED) is 0.111. The average molecular weight is 1390 g/mol. The number of para-hydroxylation sites is 3. The molecule has 0 atom stereocenters. The molecule has 0 aliphatic heterocycles. The Bertz CT molecular complexity index is 7120. The molecule has 21 rings (SSSR count). The van der Waals surface area contributed by atoms with E-state index in [1.54, 1.807) is 0 Å². The highest BCUT2D eigenvalue weighted by atomic mass is 15.0. The topological polar surface area (TPSA) is 108 Å². The van der Waals surface area contributed by atoms with Gasteiger partial charge in [0.2, 0.25) is 0 Å². The van der Waals surface area contributed by atoms with Gasteiger partial charge in [0.15, 0.2) is 5.82 Å². The highest BCUT2D eigenvalue weighted by Gasteiger charge is 2.24. The highest BCUT2D eigenvalue weighted by molar-refractivity contribution is 6.23. The van der Waals surface area contributed by atoms with Gasteiger partial charge in [-0.2, -0.15) is 0 Å². The second-order valence-corrected chi connectivity index (χ2v) is 27.7. The van der Waals surface area contributed by atoms with Gasteiger partial charge in [-0.1, -0.05) is 285 Å². The van der Waals surface area contributed by atoms with Crippen molar-refractivity contribution < 1.29 is 0 Å². The van der Waals surface area contributed by atoms with Gasteiger partial charge >= 0.3 is 0 Å². The molecule has 6 aromatic heterocycles. The lowest BCUT2D eigenvalue weighted by Crippen LogP contribution is -1.98. The van der Waals surface area contributed by atoms with E-state index in [-0.39, 0.29) is 0 Å². The molecule has 21 aromatic rings. The minimum Gasteiger partial charge on any atom is -0.309 e. The smallest absolute Gasteiger partial charge is 0.160 e. The summed E-state index contributed by atoms with van der Waals surface area (Å²) in [6, 6.07) is 130. The molecule has 0 saturated carbocycles. The first kappa shape index (κ1) is 62.7. The minimum atomic E-state index is 0.664. The van der Waals surface area contributed by atoms with Crippen molar-refractivity contribution in [1.29, 1.82) is 0 Å². The molecular formula is C100H61N9. The minimum absolute atomic E-state index is 0.664. The standard InChI is InChI=1S/C100H61N9/c1-6-24-64(25-7-1)86-61-87(106-100(105-86)69-32-14-5-15-33-69)72-35-23-37-74(59-72)93-80-54-56-85-99(91(80)78-40-17-20-42-83(78)102-93)108-97(95(104-85)66-28-10-3-11-29-66)68-46-44-62(45-47-68)71-50-57-89-81(60-71)76-38-18-21-43-88(76)109(89)75-51-48-63(49-52-75)70-34-22-36-73(58-70)92-79-53-55-84-98(90(79)77-39-16-19-41-82(77)101-92)107-96(67-30-12-4-13-31-67)94(103-84)65-26-8-2-9-27-65/h1-61H. The molecule has 0 aliphatic carbocycles. The fraction of sp³-hybridized carbons (Fsp3) is 0. The average Bonchev–Trinajstić information content (AvgIpc) is 1.04. The summed E-state index contributed by atoms with van der Waals surface area (Å²) in [5.74, 6) is 0.664. The van der Waals surface area contributed by atoms with E-state index in [0.29, 0.717) is 5.82 Å². The molecule has 0 fully saturated rings. The van der Waals surface area contributed by atoms with E-state index >= 15 is 0 Å². The number of nitrogens with zero attached hydrogens (tertiary/aromatic N) is 9. The zero-order valence-corrected chi connectivity index (χ0v) is 58.7. The molecule has 15 aromatic carbocycles. The SMILES string of the molecule is c1ccc(-c2cc(-c3cccc(-c4nc5ccccc5c5c4ccc4nc(-c6ccccc6)c(-c6ccc(-c7ccc8c(c7)c7ccccc7n8-c7ccc(-c8cccc(-c9nc%10ccccc%10c%10c9ccc9nc(-c%11ccccc%11)c(-c%11ccccc%11)nc9%10)c8)cc7)cc6)nc45)c3)nc(-c3ccccc3)n2)cc1. The highest BCUT2D eigenvalue weighted by Crippen LogP contribution is 2.44. The lowest BCUT2D eigenvalue weighted by Gasteiger charge is -2.16. The van der Waals surface area contributed by atoms with E-state index in [2.05, 4.69) is 320 Å². The summed E-state index contributed by atoms with van der Waals surface area (Å²) in [7, 11) is 0. The van der Waals surface area contributed by atoms with E-state index in [9.17, 15) is 0 Å². The molecule has 109 heavy (non-hydrogen) atoms. The molecule has 0 saturated heterocycles. The number of hydrogen-bond donors (Lipinski definition) is 0. The maximum Gasteiger partial charge on any atom is 0.160 e. The molecule has 0 unspecified atom stereocenters. The Kier molecular flexibility index (Phi) is 15.0. The van der Waals surface area contributed by atoms with Crippen LogP contribution in [-0.2, 0) is 0 Å². The number of pyridine rings is 2. The van der Waals surface area contributed by atoms with Crippen LogP contribution in [0.25, 0.3) is 217 Å². The fourth-order valence-electron chi connectivity index (χ4n) is 15.9.